The molecule has 0 bridgehead atoms. The molecule has 1 aliphatic rings. The lowest BCUT2D eigenvalue weighted by Crippen LogP contribution is -2.36. The van der Waals surface area contributed by atoms with Gasteiger partial charge in [-0.05, 0) is 79.7 Å². The average molecular weight is 290 g/mol. The maximum Gasteiger partial charge on any atom is 0.122 e. The summed E-state index contributed by atoms with van der Waals surface area (Å²) in [6, 6.07) is 4.17. The largest absolute Gasteiger partial charge is 0.496 e. The van der Waals surface area contributed by atoms with E-state index < -0.39 is 5.60 Å². The summed E-state index contributed by atoms with van der Waals surface area (Å²) in [5.74, 6) is 1.61. The number of rotatable bonds is 2. The van der Waals surface area contributed by atoms with Crippen LogP contribution < -0.4 is 4.74 Å². The molecule has 0 aromatic heterocycles. The van der Waals surface area contributed by atoms with Gasteiger partial charge < -0.3 is 9.84 Å². The van der Waals surface area contributed by atoms with Gasteiger partial charge in [-0.2, -0.15) is 0 Å². The molecule has 2 heteroatoms. The molecule has 118 valence electrons. The van der Waals surface area contributed by atoms with E-state index in [4.69, 9.17) is 4.74 Å². The first-order valence-corrected chi connectivity index (χ1v) is 8.05. The first-order chi connectivity index (χ1) is 9.67. The molecule has 0 spiro atoms. The minimum atomic E-state index is -0.664. The molecule has 2 rings (SSSR count). The van der Waals surface area contributed by atoms with Crippen LogP contribution in [-0.2, 0) is 5.60 Å². The highest BCUT2D eigenvalue weighted by atomic mass is 16.5. The smallest absolute Gasteiger partial charge is 0.122 e. The summed E-state index contributed by atoms with van der Waals surface area (Å²) in [4.78, 5) is 0. The van der Waals surface area contributed by atoms with Crippen molar-refractivity contribution in [2.45, 2.75) is 65.9 Å². The molecule has 0 unspecified atom stereocenters. The van der Waals surface area contributed by atoms with Crippen LogP contribution >= 0.6 is 0 Å². The molecule has 0 saturated heterocycles. The Kier molecular flexibility index (Phi) is 4.39. The van der Waals surface area contributed by atoms with E-state index in [-0.39, 0.29) is 0 Å². The quantitative estimate of drug-likeness (QED) is 0.852. The normalized spacial score (nSPS) is 26.7. The van der Waals surface area contributed by atoms with Gasteiger partial charge in [0.1, 0.15) is 5.75 Å². The molecule has 1 saturated carbocycles. The second-order valence-electron chi connectivity index (χ2n) is 7.81. The van der Waals surface area contributed by atoms with Gasteiger partial charge in [0.05, 0.1) is 12.7 Å². The second kappa shape index (κ2) is 5.64. The first kappa shape index (κ1) is 16.4. The highest BCUT2D eigenvalue weighted by Crippen LogP contribution is 2.46. The zero-order valence-corrected chi connectivity index (χ0v) is 14.4. The van der Waals surface area contributed by atoms with E-state index in [9.17, 15) is 5.11 Å². The standard InChI is InChI=1S/C19H30O2/c1-13-12-17(21-6)14(2)11-16(13)19(20)9-7-15(8-10-19)18(3,4)5/h11-12,15,20H,7-10H2,1-6H3. The van der Waals surface area contributed by atoms with Gasteiger partial charge in [-0.25, -0.2) is 0 Å². The van der Waals surface area contributed by atoms with Crippen LogP contribution in [0.25, 0.3) is 0 Å². The Balaban J connectivity index is 2.25. The fourth-order valence-corrected chi connectivity index (χ4v) is 3.74. The number of aryl methyl sites for hydroxylation is 2. The van der Waals surface area contributed by atoms with Crippen molar-refractivity contribution in [3.63, 3.8) is 0 Å². The summed E-state index contributed by atoms with van der Waals surface area (Å²) < 4.78 is 5.38. The van der Waals surface area contributed by atoms with E-state index in [0.29, 0.717) is 11.3 Å². The van der Waals surface area contributed by atoms with Crippen molar-refractivity contribution in [2.24, 2.45) is 11.3 Å². The van der Waals surface area contributed by atoms with Gasteiger partial charge in [-0.1, -0.05) is 20.8 Å². The molecule has 0 atom stereocenters. The number of hydrogen-bond donors (Lipinski definition) is 1. The lowest BCUT2D eigenvalue weighted by Gasteiger charge is -2.42. The molecule has 21 heavy (non-hydrogen) atoms. The molecule has 1 fully saturated rings. The van der Waals surface area contributed by atoms with Crippen LogP contribution in [0.3, 0.4) is 0 Å². The first-order valence-electron chi connectivity index (χ1n) is 8.05. The fourth-order valence-electron chi connectivity index (χ4n) is 3.74. The third kappa shape index (κ3) is 3.26. The van der Waals surface area contributed by atoms with Crippen molar-refractivity contribution in [3.05, 3.63) is 28.8 Å². The summed E-state index contributed by atoms with van der Waals surface area (Å²) in [7, 11) is 1.70. The van der Waals surface area contributed by atoms with Crippen LogP contribution in [0.15, 0.2) is 12.1 Å². The van der Waals surface area contributed by atoms with Crippen LogP contribution in [0.2, 0.25) is 0 Å². The third-order valence-corrected chi connectivity index (χ3v) is 5.28. The Morgan fingerprint density at radius 1 is 1.10 bits per heavy atom. The number of benzene rings is 1. The van der Waals surface area contributed by atoms with Crippen LogP contribution in [0.4, 0.5) is 0 Å². The van der Waals surface area contributed by atoms with Gasteiger partial charge in [0.2, 0.25) is 0 Å². The number of hydrogen-bond acceptors (Lipinski definition) is 2. The molecule has 0 amide bonds. The van der Waals surface area contributed by atoms with Gasteiger partial charge >= 0.3 is 0 Å². The Labute approximate surface area is 129 Å². The Hall–Kier alpha value is -1.02. The van der Waals surface area contributed by atoms with Crippen molar-refractivity contribution in [2.75, 3.05) is 7.11 Å². The Morgan fingerprint density at radius 3 is 2.14 bits per heavy atom. The minimum Gasteiger partial charge on any atom is -0.496 e. The molecule has 1 aromatic rings. The van der Waals surface area contributed by atoms with E-state index in [0.717, 1.165) is 48.1 Å². The topological polar surface area (TPSA) is 29.5 Å². The number of ether oxygens (including phenoxy) is 1. The summed E-state index contributed by atoms with van der Waals surface area (Å²) in [6.45, 7) is 11.1. The summed E-state index contributed by atoms with van der Waals surface area (Å²) in [5.41, 5.74) is 3.00. The van der Waals surface area contributed by atoms with Crippen molar-refractivity contribution in [3.8, 4) is 5.75 Å². The van der Waals surface area contributed by atoms with Gasteiger partial charge in [-0.15, -0.1) is 0 Å². The van der Waals surface area contributed by atoms with E-state index >= 15 is 0 Å². The van der Waals surface area contributed by atoms with E-state index in [2.05, 4.69) is 39.8 Å². The maximum absolute atomic E-state index is 11.2. The SMILES string of the molecule is COc1cc(C)c(C2(O)CCC(C(C)(C)C)CC2)cc1C. The van der Waals surface area contributed by atoms with Crippen molar-refractivity contribution in [1.82, 2.24) is 0 Å². The highest BCUT2D eigenvalue weighted by Gasteiger charge is 2.39. The van der Waals surface area contributed by atoms with Crippen LogP contribution in [0, 0.1) is 25.2 Å². The van der Waals surface area contributed by atoms with Crippen LogP contribution in [-0.4, -0.2) is 12.2 Å². The van der Waals surface area contributed by atoms with Crippen molar-refractivity contribution < 1.29 is 9.84 Å². The predicted molar refractivity (Wildman–Crippen MR) is 87.8 cm³/mol. The van der Waals surface area contributed by atoms with E-state index in [1.54, 1.807) is 7.11 Å². The molecular formula is C19H30O2. The molecule has 0 radical (unpaired) electrons. The van der Waals surface area contributed by atoms with Gasteiger partial charge in [-0.3, -0.25) is 0 Å². The lowest BCUT2D eigenvalue weighted by atomic mass is 9.66. The molecule has 2 nitrogen and oxygen atoms in total. The molecule has 0 heterocycles. The highest BCUT2D eigenvalue weighted by molar-refractivity contribution is 5.44. The second-order valence-corrected chi connectivity index (χ2v) is 7.81. The summed E-state index contributed by atoms with van der Waals surface area (Å²) >= 11 is 0. The molecule has 1 aromatic carbocycles. The molecule has 1 N–H and O–H groups in total. The Bertz CT molecular complexity index is 503. The molecule has 0 aliphatic heterocycles. The lowest BCUT2D eigenvalue weighted by molar-refractivity contribution is -0.0303. The summed E-state index contributed by atoms with van der Waals surface area (Å²) in [6.07, 6.45) is 3.93. The van der Waals surface area contributed by atoms with Crippen LogP contribution in [0.1, 0.15) is 63.1 Å². The zero-order chi connectivity index (χ0) is 15.8. The predicted octanol–water partition coefficient (Wildman–Crippen LogP) is 4.74. The van der Waals surface area contributed by atoms with Gasteiger partial charge in [0, 0.05) is 0 Å². The monoisotopic (exact) mass is 290 g/mol. The maximum atomic E-state index is 11.2. The van der Waals surface area contributed by atoms with E-state index in [1.807, 2.05) is 6.92 Å². The molecular weight excluding hydrogens is 260 g/mol. The zero-order valence-electron chi connectivity index (χ0n) is 14.4. The van der Waals surface area contributed by atoms with E-state index in [1.165, 1.54) is 0 Å². The van der Waals surface area contributed by atoms with Gasteiger partial charge in [0.15, 0.2) is 0 Å². The number of aliphatic hydroxyl groups is 1. The Morgan fingerprint density at radius 2 is 1.67 bits per heavy atom. The summed E-state index contributed by atoms with van der Waals surface area (Å²) in [5, 5.41) is 11.2. The number of methoxy groups -OCH3 is 1. The average Bonchev–Trinajstić information content (AvgIpc) is 2.40. The molecule has 1 aliphatic carbocycles. The third-order valence-electron chi connectivity index (χ3n) is 5.28. The van der Waals surface area contributed by atoms with Crippen LogP contribution in [0.5, 0.6) is 5.75 Å². The van der Waals surface area contributed by atoms with Gasteiger partial charge in [0.25, 0.3) is 0 Å². The van der Waals surface area contributed by atoms with Crippen molar-refractivity contribution in [1.29, 1.82) is 0 Å². The minimum absolute atomic E-state index is 0.339. The van der Waals surface area contributed by atoms with Crippen molar-refractivity contribution >= 4 is 0 Å². The fraction of sp³-hybridized carbons (Fsp3) is 0.684.